The molecule has 3 unspecified atom stereocenters. The van der Waals surface area contributed by atoms with Gasteiger partial charge in [0.05, 0.1) is 18.2 Å². The fourth-order valence-electron chi connectivity index (χ4n) is 2.83. The van der Waals surface area contributed by atoms with Crippen LogP contribution in [-0.2, 0) is 0 Å². The fraction of sp³-hybridized carbons (Fsp3) is 0.727. The minimum atomic E-state index is -0.673. The van der Waals surface area contributed by atoms with Gasteiger partial charge in [-0.25, -0.2) is 15.5 Å². The van der Waals surface area contributed by atoms with Gasteiger partial charge in [0.15, 0.2) is 0 Å². The van der Waals surface area contributed by atoms with Crippen LogP contribution >= 0.6 is 12.6 Å². The van der Waals surface area contributed by atoms with Gasteiger partial charge in [-0.2, -0.15) is 12.6 Å². The summed E-state index contributed by atoms with van der Waals surface area (Å²) in [5.74, 6) is -0.00788. The number of hydrogen-bond donors (Lipinski definition) is 6. The van der Waals surface area contributed by atoms with Crippen LogP contribution in [0.5, 0.6) is 0 Å². The zero-order valence-corrected chi connectivity index (χ0v) is 11.9. The third-order valence-corrected chi connectivity index (χ3v) is 4.32. The number of rotatable bonds is 5. The normalized spacial score (nSPS) is 32.0. The number of aliphatic imine (C=N–C) groups is 1. The van der Waals surface area contributed by atoms with Crippen molar-refractivity contribution in [3.63, 3.8) is 0 Å². The molecular formula is C11H19N5O3S. The molecular weight excluding hydrogens is 282 g/mol. The lowest BCUT2D eigenvalue weighted by Crippen LogP contribution is -2.59. The number of nitrogens with zero attached hydrogens (tertiary/aromatic N) is 3. The highest BCUT2D eigenvalue weighted by molar-refractivity contribution is 7.81. The van der Waals surface area contributed by atoms with Gasteiger partial charge in [0, 0.05) is 11.7 Å². The zero-order chi connectivity index (χ0) is 14.4. The summed E-state index contributed by atoms with van der Waals surface area (Å²) in [6, 6.07) is -0.0628. The Morgan fingerprint density at radius 1 is 1.50 bits per heavy atom. The molecule has 5 N–H and O–H groups in total. The van der Waals surface area contributed by atoms with Gasteiger partial charge >= 0.3 is 0 Å². The van der Waals surface area contributed by atoms with E-state index in [1.807, 2.05) is 0 Å². The van der Waals surface area contributed by atoms with Crippen molar-refractivity contribution in [2.75, 3.05) is 0 Å². The molecule has 2 fully saturated rings. The van der Waals surface area contributed by atoms with Crippen LogP contribution in [0.2, 0.25) is 0 Å². The Balaban J connectivity index is 1.65. The Labute approximate surface area is 122 Å². The number of hydrazine groups is 3. The first-order chi connectivity index (χ1) is 9.47. The lowest BCUT2D eigenvalue weighted by Gasteiger charge is -2.33. The molecule has 0 aromatic rings. The van der Waals surface area contributed by atoms with E-state index in [-0.39, 0.29) is 23.2 Å². The molecule has 3 heterocycles. The predicted molar refractivity (Wildman–Crippen MR) is 75.4 cm³/mol. The number of thiol groups is 1. The highest BCUT2D eigenvalue weighted by Crippen LogP contribution is 2.35. The molecule has 0 amide bonds. The van der Waals surface area contributed by atoms with Crippen LogP contribution in [0.1, 0.15) is 19.8 Å². The van der Waals surface area contributed by atoms with Crippen LogP contribution < -0.4 is 11.0 Å². The second kappa shape index (κ2) is 5.08. The molecule has 3 rings (SSSR count). The molecule has 0 saturated carbocycles. The van der Waals surface area contributed by atoms with E-state index >= 15 is 0 Å². The highest BCUT2D eigenvalue weighted by atomic mass is 32.1. The number of nitrogens with one attached hydrogen (secondary N) is 2. The third kappa shape index (κ3) is 2.25. The number of hydrogen-bond acceptors (Lipinski definition) is 9. The molecule has 4 bridgehead atoms. The lowest BCUT2D eigenvalue weighted by molar-refractivity contribution is 0.0490. The van der Waals surface area contributed by atoms with E-state index in [1.54, 1.807) is 17.1 Å². The Hall–Kier alpha value is -1.00. The average molecular weight is 301 g/mol. The van der Waals surface area contributed by atoms with E-state index in [1.165, 1.54) is 6.34 Å². The summed E-state index contributed by atoms with van der Waals surface area (Å²) < 4.78 is 0. The van der Waals surface area contributed by atoms with Gasteiger partial charge in [-0.05, 0) is 13.3 Å². The summed E-state index contributed by atoms with van der Waals surface area (Å²) in [5, 5.41) is 32.3. The Bertz CT molecular complexity index is 457. The Morgan fingerprint density at radius 3 is 2.95 bits per heavy atom. The van der Waals surface area contributed by atoms with E-state index in [0.717, 1.165) is 0 Å². The maximum absolute atomic E-state index is 9.98. The molecule has 112 valence electrons. The lowest BCUT2D eigenvalue weighted by atomic mass is 9.98. The van der Waals surface area contributed by atoms with Gasteiger partial charge in [-0.3, -0.25) is 5.01 Å². The first-order valence-corrected chi connectivity index (χ1v) is 7.11. The van der Waals surface area contributed by atoms with E-state index in [4.69, 9.17) is 0 Å². The van der Waals surface area contributed by atoms with Gasteiger partial charge < -0.3 is 15.3 Å². The molecule has 20 heavy (non-hydrogen) atoms. The molecule has 0 aromatic heterocycles. The Morgan fingerprint density at radius 2 is 2.25 bits per heavy atom. The van der Waals surface area contributed by atoms with Crippen molar-refractivity contribution in [3.05, 3.63) is 11.6 Å². The van der Waals surface area contributed by atoms with Crippen molar-refractivity contribution in [2.45, 2.75) is 49.3 Å². The van der Waals surface area contributed by atoms with Gasteiger partial charge in [0.1, 0.15) is 18.1 Å². The minimum absolute atomic E-state index is 0.00583. The topological polar surface area (TPSA) is 104 Å². The smallest absolute Gasteiger partial charge is 0.237 e. The molecule has 0 radical (unpaired) electrons. The van der Waals surface area contributed by atoms with E-state index in [2.05, 4.69) is 28.6 Å². The van der Waals surface area contributed by atoms with Crippen molar-refractivity contribution in [1.29, 1.82) is 0 Å². The van der Waals surface area contributed by atoms with Gasteiger partial charge in [0.2, 0.25) is 5.88 Å². The van der Waals surface area contributed by atoms with E-state index in [9.17, 15) is 15.3 Å². The van der Waals surface area contributed by atoms with Crippen molar-refractivity contribution in [3.8, 4) is 0 Å². The molecule has 0 spiro atoms. The van der Waals surface area contributed by atoms with Gasteiger partial charge in [-0.1, -0.05) is 0 Å². The van der Waals surface area contributed by atoms with Crippen LogP contribution in [0.4, 0.5) is 0 Å². The van der Waals surface area contributed by atoms with Crippen molar-refractivity contribution in [1.82, 2.24) is 21.1 Å². The first kappa shape index (κ1) is 14.0. The zero-order valence-electron chi connectivity index (χ0n) is 11.0. The fourth-order valence-corrected chi connectivity index (χ4v) is 3.18. The molecule has 3 aliphatic heterocycles. The number of aliphatic hydroxyl groups is 3. The predicted octanol–water partition coefficient (Wildman–Crippen LogP) is -1.13. The van der Waals surface area contributed by atoms with Crippen LogP contribution in [0.15, 0.2) is 16.6 Å². The van der Waals surface area contributed by atoms with Crippen molar-refractivity contribution >= 4 is 19.0 Å². The van der Waals surface area contributed by atoms with Crippen molar-refractivity contribution < 1.29 is 15.3 Å². The van der Waals surface area contributed by atoms with E-state index < -0.39 is 12.2 Å². The Kier molecular flexibility index (Phi) is 3.55. The second-order valence-corrected chi connectivity index (χ2v) is 6.09. The molecule has 3 aliphatic rings. The first-order valence-electron chi connectivity index (χ1n) is 6.60. The van der Waals surface area contributed by atoms with Gasteiger partial charge in [0.25, 0.3) is 0 Å². The minimum Gasteiger partial charge on any atom is -0.492 e. The molecule has 0 aromatic carbocycles. The highest BCUT2D eigenvalue weighted by Gasteiger charge is 2.51. The summed E-state index contributed by atoms with van der Waals surface area (Å²) in [7, 11) is 0. The summed E-state index contributed by atoms with van der Waals surface area (Å²) in [6.07, 6.45) is 1.21. The van der Waals surface area contributed by atoms with Crippen LogP contribution in [0.25, 0.3) is 0 Å². The van der Waals surface area contributed by atoms with E-state index in [0.29, 0.717) is 18.5 Å². The molecule has 8 nitrogen and oxygen atoms in total. The summed E-state index contributed by atoms with van der Waals surface area (Å²) in [5.41, 5.74) is 6.88. The summed E-state index contributed by atoms with van der Waals surface area (Å²) in [6.45, 7) is 1.64. The summed E-state index contributed by atoms with van der Waals surface area (Å²) >= 11 is 4.43. The second-order valence-electron chi connectivity index (χ2n) is 5.43. The van der Waals surface area contributed by atoms with Crippen molar-refractivity contribution in [2.24, 2.45) is 4.99 Å². The van der Waals surface area contributed by atoms with Crippen LogP contribution in [-0.4, -0.2) is 61.3 Å². The third-order valence-electron chi connectivity index (χ3n) is 3.77. The van der Waals surface area contributed by atoms with Gasteiger partial charge in [-0.15, -0.1) is 5.53 Å². The molecule has 2 saturated heterocycles. The maximum Gasteiger partial charge on any atom is 0.237 e. The van der Waals surface area contributed by atoms with Crippen LogP contribution in [0.3, 0.4) is 0 Å². The standard InChI is InChI=1S/C11H19N5O3S/c1-5(17)2-7(18)8(20)3-6-9-10-11(19)12-4-15(9)14-16(10)13-6/h4-9,13-14,17-20H,2-3H2,1H3/t5?,6?,7-,8+,9?/m1/s1. The SMILES string of the molecule is CC(O)C[C@@H](O)[C@@H](S)CC1NN2NN3C=NC(O)=C2C13. The maximum atomic E-state index is 9.98. The molecule has 5 atom stereocenters. The molecule has 9 heteroatoms. The number of aliphatic hydroxyl groups excluding tert-OH is 3. The largest absolute Gasteiger partial charge is 0.492 e. The molecule has 0 aliphatic carbocycles. The van der Waals surface area contributed by atoms with Crippen LogP contribution in [0, 0.1) is 0 Å². The monoisotopic (exact) mass is 301 g/mol. The average Bonchev–Trinajstić information content (AvgIpc) is 2.85. The summed E-state index contributed by atoms with van der Waals surface area (Å²) in [4.78, 5) is 3.87. The quantitative estimate of drug-likeness (QED) is 0.357.